The van der Waals surface area contributed by atoms with Gasteiger partial charge in [0.2, 0.25) is 5.89 Å². The first-order valence-electron chi connectivity index (χ1n) is 9.30. The monoisotopic (exact) mass is 372 g/mol. The van der Waals surface area contributed by atoms with Gasteiger partial charge in [0.15, 0.2) is 5.69 Å². The van der Waals surface area contributed by atoms with E-state index in [0.717, 1.165) is 24.1 Å². The van der Waals surface area contributed by atoms with E-state index in [-0.39, 0.29) is 24.2 Å². The second-order valence-corrected chi connectivity index (χ2v) is 6.53. The fourth-order valence-corrected chi connectivity index (χ4v) is 2.52. The number of benzene rings is 1. The molecule has 0 atom stereocenters. The number of oxazole rings is 1. The highest BCUT2D eigenvalue weighted by Crippen LogP contribution is 2.15. The standard InChI is InChI=1S/C20H28N4O3/c1-5-9-21-19(25)17-13-27-18(23-17)12-24(10-6-2)20(26)22-16-8-7-14(3)15(4)11-16/h7-8,11,13H,5-6,9-10,12H2,1-4H3,(H,21,25)(H,22,26). The fraction of sp³-hybridized carbons (Fsp3) is 0.450. The third-order valence-corrected chi connectivity index (χ3v) is 4.18. The third-order valence-electron chi connectivity index (χ3n) is 4.18. The molecular formula is C20H28N4O3. The van der Waals surface area contributed by atoms with Crippen LogP contribution in [0.1, 0.15) is 54.2 Å². The van der Waals surface area contributed by atoms with Crippen LogP contribution < -0.4 is 10.6 Å². The Labute approximate surface area is 160 Å². The molecule has 3 amide bonds. The van der Waals surface area contributed by atoms with Crippen molar-refractivity contribution in [2.45, 2.75) is 47.1 Å². The number of aryl methyl sites for hydroxylation is 2. The molecule has 0 aliphatic carbocycles. The van der Waals surface area contributed by atoms with Gasteiger partial charge in [0.25, 0.3) is 5.91 Å². The van der Waals surface area contributed by atoms with Crippen LogP contribution in [-0.4, -0.2) is 34.9 Å². The Hall–Kier alpha value is -2.83. The van der Waals surface area contributed by atoms with Gasteiger partial charge in [-0.25, -0.2) is 9.78 Å². The van der Waals surface area contributed by atoms with Gasteiger partial charge in [-0.2, -0.15) is 0 Å². The van der Waals surface area contributed by atoms with E-state index < -0.39 is 0 Å². The lowest BCUT2D eigenvalue weighted by Crippen LogP contribution is -2.35. The van der Waals surface area contributed by atoms with Gasteiger partial charge in [0.1, 0.15) is 6.26 Å². The maximum Gasteiger partial charge on any atom is 0.322 e. The normalized spacial score (nSPS) is 10.5. The zero-order chi connectivity index (χ0) is 19.8. The molecule has 1 heterocycles. The molecule has 146 valence electrons. The van der Waals surface area contributed by atoms with E-state index in [1.54, 1.807) is 4.90 Å². The zero-order valence-electron chi connectivity index (χ0n) is 16.5. The van der Waals surface area contributed by atoms with Gasteiger partial charge in [-0.05, 0) is 49.9 Å². The molecule has 0 bridgehead atoms. The minimum Gasteiger partial charge on any atom is -0.446 e. The molecule has 27 heavy (non-hydrogen) atoms. The number of amides is 3. The SMILES string of the molecule is CCCNC(=O)c1coc(CN(CCC)C(=O)Nc2ccc(C)c(C)c2)n1. The smallest absolute Gasteiger partial charge is 0.322 e. The van der Waals surface area contributed by atoms with Gasteiger partial charge >= 0.3 is 6.03 Å². The number of carbonyl (C=O) groups excluding carboxylic acids is 2. The van der Waals surface area contributed by atoms with E-state index >= 15 is 0 Å². The molecule has 0 fully saturated rings. The summed E-state index contributed by atoms with van der Waals surface area (Å²) in [6.45, 7) is 9.35. The Kier molecular flexibility index (Phi) is 7.40. The molecule has 0 radical (unpaired) electrons. The molecule has 0 spiro atoms. The van der Waals surface area contributed by atoms with Crippen LogP contribution in [-0.2, 0) is 6.54 Å². The Bertz CT molecular complexity index is 785. The summed E-state index contributed by atoms with van der Waals surface area (Å²) in [5.74, 6) is 0.0637. The largest absolute Gasteiger partial charge is 0.446 e. The predicted octanol–water partition coefficient (Wildman–Crippen LogP) is 3.88. The number of carbonyl (C=O) groups is 2. The Balaban J connectivity index is 2.03. The summed E-state index contributed by atoms with van der Waals surface area (Å²) < 4.78 is 5.38. The average molecular weight is 372 g/mol. The number of hydrogen-bond donors (Lipinski definition) is 2. The topological polar surface area (TPSA) is 87.5 Å². The molecule has 0 aliphatic heterocycles. The number of hydrogen-bond acceptors (Lipinski definition) is 4. The maximum absolute atomic E-state index is 12.7. The summed E-state index contributed by atoms with van der Waals surface area (Å²) in [6, 6.07) is 5.57. The molecule has 2 rings (SSSR count). The first kappa shape index (κ1) is 20.5. The second-order valence-electron chi connectivity index (χ2n) is 6.53. The summed E-state index contributed by atoms with van der Waals surface area (Å²) in [5, 5.41) is 5.66. The van der Waals surface area contributed by atoms with Crippen LogP contribution in [0.15, 0.2) is 28.9 Å². The van der Waals surface area contributed by atoms with Crippen LogP contribution in [0.4, 0.5) is 10.5 Å². The van der Waals surface area contributed by atoms with Gasteiger partial charge < -0.3 is 20.0 Å². The van der Waals surface area contributed by atoms with Crippen LogP contribution >= 0.6 is 0 Å². The Morgan fingerprint density at radius 1 is 1.15 bits per heavy atom. The average Bonchev–Trinajstić information content (AvgIpc) is 3.11. The first-order chi connectivity index (χ1) is 12.9. The highest BCUT2D eigenvalue weighted by atomic mass is 16.3. The lowest BCUT2D eigenvalue weighted by atomic mass is 10.1. The summed E-state index contributed by atoms with van der Waals surface area (Å²) in [7, 11) is 0. The highest BCUT2D eigenvalue weighted by Gasteiger charge is 2.18. The third kappa shape index (κ3) is 5.84. The fourth-order valence-electron chi connectivity index (χ4n) is 2.52. The van der Waals surface area contributed by atoms with Crippen molar-refractivity contribution in [3.8, 4) is 0 Å². The molecule has 2 aromatic rings. The number of anilines is 1. The molecule has 7 heteroatoms. The summed E-state index contributed by atoms with van der Waals surface area (Å²) in [6.07, 6.45) is 2.97. The van der Waals surface area contributed by atoms with E-state index in [4.69, 9.17) is 4.42 Å². The Morgan fingerprint density at radius 3 is 2.59 bits per heavy atom. The Morgan fingerprint density at radius 2 is 1.93 bits per heavy atom. The minimum absolute atomic E-state index is 0.200. The van der Waals surface area contributed by atoms with Crippen LogP contribution in [0, 0.1) is 13.8 Å². The second kappa shape index (κ2) is 9.75. The van der Waals surface area contributed by atoms with E-state index in [1.165, 1.54) is 11.8 Å². The molecule has 0 aliphatic rings. The molecule has 1 aromatic heterocycles. The summed E-state index contributed by atoms with van der Waals surface area (Å²) >= 11 is 0. The van der Waals surface area contributed by atoms with E-state index in [1.807, 2.05) is 45.9 Å². The number of nitrogens with one attached hydrogen (secondary N) is 2. The van der Waals surface area contributed by atoms with Gasteiger partial charge in [-0.1, -0.05) is 19.9 Å². The van der Waals surface area contributed by atoms with Gasteiger partial charge in [0, 0.05) is 18.8 Å². The van der Waals surface area contributed by atoms with Crippen molar-refractivity contribution < 1.29 is 14.0 Å². The minimum atomic E-state index is -0.270. The quantitative estimate of drug-likeness (QED) is 0.736. The van der Waals surface area contributed by atoms with Crippen molar-refractivity contribution in [1.29, 1.82) is 0 Å². The van der Waals surface area contributed by atoms with Crippen molar-refractivity contribution in [3.05, 3.63) is 47.2 Å². The summed E-state index contributed by atoms with van der Waals surface area (Å²) in [4.78, 5) is 30.4. The van der Waals surface area contributed by atoms with Crippen molar-refractivity contribution in [3.63, 3.8) is 0 Å². The molecule has 0 unspecified atom stereocenters. The zero-order valence-corrected chi connectivity index (χ0v) is 16.5. The van der Waals surface area contributed by atoms with E-state index in [2.05, 4.69) is 15.6 Å². The van der Waals surface area contributed by atoms with Gasteiger partial charge in [-0.3, -0.25) is 4.79 Å². The van der Waals surface area contributed by atoms with Crippen molar-refractivity contribution >= 4 is 17.6 Å². The molecular weight excluding hydrogens is 344 g/mol. The number of rotatable bonds is 8. The summed E-state index contributed by atoms with van der Waals surface area (Å²) in [5.41, 5.74) is 3.26. The van der Waals surface area contributed by atoms with Crippen LogP contribution in [0.3, 0.4) is 0 Å². The highest BCUT2D eigenvalue weighted by molar-refractivity contribution is 5.92. The van der Waals surface area contributed by atoms with Crippen LogP contribution in [0.5, 0.6) is 0 Å². The van der Waals surface area contributed by atoms with E-state index in [0.29, 0.717) is 19.0 Å². The number of aromatic nitrogens is 1. The molecule has 0 saturated carbocycles. The maximum atomic E-state index is 12.7. The predicted molar refractivity (Wildman–Crippen MR) is 105 cm³/mol. The molecule has 2 N–H and O–H groups in total. The lowest BCUT2D eigenvalue weighted by Gasteiger charge is -2.21. The van der Waals surface area contributed by atoms with Crippen molar-refractivity contribution in [2.24, 2.45) is 0 Å². The molecule has 7 nitrogen and oxygen atoms in total. The molecule has 1 aromatic carbocycles. The number of nitrogens with zero attached hydrogens (tertiary/aromatic N) is 2. The van der Waals surface area contributed by atoms with Crippen LogP contribution in [0.25, 0.3) is 0 Å². The van der Waals surface area contributed by atoms with Gasteiger partial charge in [-0.15, -0.1) is 0 Å². The van der Waals surface area contributed by atoms with Crippen molar-refractivity contribution in [2.75, 3.05) is 18.4 Å². The van der Waals surface area contributed by atoms with Gasteiger partial charge in [0.05, 0.1) is 6.54 Å². The lowest BCUT2D eigenvalue weighted by molar-refractivity contribution is 0.0948. The number of urea groups is 1. The van der Waals surface area contributed by atoms with E-state index in [9.17, 15) is 9.59 Å². The first-order valence-corrected chi connectivity index (χ1v) is 9.30. The molecule has 0 saturated heterocycles. The van der Waals surface area contributed by atoms with Crippen LogP contribution in [0.2, 0.25) is 0 Å². The van der Waals surface area contributed by atoms with Crippen molar-refractivity contribution in [1.82, 2.24) is 15.2 Å².